The molecule has 0 radical (unpaired) electrons. The van der Waals surface area contributed by atoms with Gasteiger partial charge in [0, 0.05) is 7.11 Å². The number of aliphatic hydroxyl groups excluding tert-OH is 4. The zero-order valence-corrected chi connectivity index (χ0v) is 7.25. The molecule has 0 aromatic rings. The SMILES string of the molecule is CO[C@]1(CO)OC[C@H](O)[C@@H](O)[C@@H]1O. The van der Waals surface area contributed by atoms with E-state index in [-0.39, 0.29) is 6.61 Å². The van der Waals surface area contributed by atoms with Crippen LogP contribution in [0.3, 0.4) is 0 Å². The first kappa shape index (κ1) is 10.8. The van der Waals surface area contributed by atoms with E-state index in [4.69, 9.17) is 19.7 Å². The summed E-state index contributed by atoms with van der Waals surface area (Å²) in [6, 6.07) is 0. The van der Waals surface area contributed by atoms with E-state index in [2.05, 4.69) is 0 Å². The molecule has 4 atom stereocenters. The summed E-state index contributed by atoms with van der Waals surface area (Å²) in [5.41, 5.74) is 0. The van der Waals surface area contributed by atoms with Crippen molar-refractivity contribution in [2.75, 3.05) is 20.3 Å². The lowest BCUT2D eigenvalue weighted by molar-refractivity contribution is -0.340. The molecular formula is C7H14O6. The van der Waals surface area contributed by atoms with Crippen LogP contribution < -0.4 is 0 Å². The van der Waals surface area contributed by atoms with E-state index in [0.29, 0.717) is 0 Å². The molecule has 0 amide bonds. The smallest absolute Gasteiger partial charge is 0.220 e. The van der Waals surface area contributed by atoms with E-state index in [1.54, 1.807) is 0 Å². The van der Waals surface area contributed by atoms with E-state index < -0.39 is 30.7 Å². The van der Waals surface area contributed by atoms with Gasteiger partial charge >= 0.3 is 0 Å². The number of hydrogen-bond acceptors (Lipinski definition) is 6. The minimum Gasteiger partial charge on any atom is -0.391 e. The topological polar surface area (TPSA) is 99.4 Å². The Balaban J connectivity index is 2.77. The summed E-state index contributed by atoms with van der Waals surface area (Å²) in [7, 11) is 1.24. The van der Waals surface area contributed by atoms with Crippen LogP contribution in [0.1, 0.15) is 0 Å². The molecule has 1 rings (SSSR count). The first-order valence-electron chi connectivity index (χ1n) is 3.91. The number of rotatable bonds is 2. The van der Waals surface area contributed by atoms with Crippen LogP contribution in [0.2, 0.25) is 0 Å². The van der Waals surface area contributed by atoms with Gasteiger partial charge in [0.25, 0.3) is 0 Å². The van der Waals surface area contributed by atoms with Gasteiger partial charge in [-0.15, -0.1) is 0 Å². The molecule has 1 heterocycles. The van der Waals surface area contributed by atoms with Gasteiger partial charge in [0.05, 0.1) is 6.61 Å². The molecule has 1 saturated heterocycles. The maximum absolute atomic E-state index is 9.44. The van der Waals surface area contributed by atoms with Gasteiger partial charge < -0.3 is 29.9 Å². The molecule has 6 nitrogen and oxygen atoms in total. The fourth-order valence-corrected chi connectivity index (χ4v) is 1.26. The van der Waals surface area contributed by atoms with Gasteiger partial charge in [-0.2, -0.15) is 0 Å². The van der Waals surface area contributed by atoms with E-state index >= 15 is 0 Å². The second-order valence-electron chi connectivity index (χ2n) is 2.99. The van der Waals surface area contributed by atoms with Gasteiger partial charge in [0.15, 0.2) is 0 Å². The molecule has 78 valence electrons. The van der Waals surface area contributed by atoms with Crippen molar-refractivity contribution in [3.05, 3.63) is 0 Å². The van der Waals surface area contributed by atoms with Crippen LogP contribution >= 0.6 is 0 Å². The molecule has 1 aliphatic rings. The van der Waals surface area contributed by atoms with Crippen LogP contribution in [0, 0.1) is 0 Å². The molecule has 6 heteroatoms. The van der Waals surface area contributed by atoms with Crippen molar-refractivity contribution in [3.63, 3.8) is 0 Å². The van der Waals surface area contributed by atoms with Crippen molar-refractivity contribution in [2.45, 2.75) is 24.1 Å². The number of aliphatic hydroxyl groups is 4. The number of methoxy groups -OCH3 is 1. The Morgan fingerprint density at radius 2 is 2.08 bits per heavy atom. The highest BCUT2D eigenvalue weighted by molar-refractivity contribution is 4.92. The third-order valence-corrected chi connectivity index (χ3v) is 2.23. The predicted octanol–water partition coefficient (Wildman–Crippen LogP) is -2.57. The molecule has 0 unspecified atom stereocenters. The second-order valence-corrected chi connectivity index (χ2v) is 2.99. The highest BCUT2D eigenvalue weighted by Gasteiger charge is 2.49. The van der Waals surface area contributed by atoms with Crippen LogP contribution in [0.4, 0.5) is 0 Å². The van der Waals surface area contributed by atoms with Crippen LogP contribution in [0.5, 0.6) is 0 Å². The zero-order chi connectivity index (χ0) is 10.1. The summed E-state index contributed by atoms with van der Waals surface area (Å²) in [5.74, 6) is -1.63. The minimum absolute atomic E-state index is 0.188. The van der Waals surface area contributed by atoms with E-state index in [1.807, 2.05) is 0 Å². The molecule has 0 spiro atoms. The van der Waals surface area contributed by atoms with Crippen molar-refractivity contribution in [1.82, 2.24) is 0 Å². The lowest BCUT2D eigenvalue weighted by Gasteiger charge is -2.42. The average Bonchev–Trinajstić information content (AvgIpc) is 2.16. The molecule has 1 aliphatic heterocycles. The van der Waals surface area contributed by atoms with Gasteiger partial charge in [0.1, 0.15) is 24.9 Å². The molecule has 0 aromatic heterocycles. The van der Waals surface area contributed by atoms with Gasteiger partial charge in [-0.25, -0.2) is 0 Å². The molecule has 0 saturated carbocycles. The van der Waals surface area contributed by atoms with Crippen molar-refractivity contribution >= 4 is 0 Å². The monoisotopic (exact) mass is 194 g/mol. The summed E-state index contributed by atoms with van der Waals surface area (Å²) in [5, 5.41) is 36.7. The molecule has 0 bridgehead atoms. The normalized spacial score (nSPS) is 46.4. The average molecular weight is 194 g/mol. The number of ether oxygens (including phenoxy) is 2. The van der Waals surface area contributed by atoms with Crippen LogP contribution in [0.25, 0.3) is 0 Å². The van der Waals surface area contributed by atoms with Crippen molar-refractivity contribution < 1.29 is 29.9 Å². The Labute approximate surface area is 75.3 Å². The van der Waals surface area contributed by atoms with Crippen LogP contribution in [-0.4, -0.2) is 64.8 Å². The Kier molecular flexibility index (Phi) is 3.23. The molecule has 0 aromatic carbocycles. The Bertz CT molecular complexity index is 168. The quantitative estimate of drug-likeness (QED) is 0.386. The Hall–Kier alpha value is -0.240. The van der Waals surface area contributed by atoms with E-state index in [1.165, 1.54) is 7.11 Å². The first-order chi connectivity index (χ1) is 6.07. The summed E-state index contributed by atoms with van der Waals surface area (Å²) < 4.78 is 9.69. The summed E-state index contributed by atoms with van der Waals surface area (Å²) in [6.45, 7) is -0.777. The van der Waals surface area contributed by atoms with Crippen LogP contribution in [-0.2, 0) is 9.47 Å². The Morgan fingerprint density at radius 3 is 2.54 bits per heavy atom. The highest BCUT2D eigenvalue weighted by Crippen LogP contribution is 2.26. The van der Waals surface area contributed by atoms with Gasteiger partial charge in [-0.3, -0.25) is 0 Å². The fourth-order valence-electron chi connectivity index (χ4n) is 1.26. The fraction of sp³-hybridized carbons (Fsp3) is 1.00. The minimum atomic E-state index is -1.63. The predicted molar refractivity (Wildman–Crippen MR) is 40.8 cm³/mol. The maximum atomic E-state index is 9.44. The first-order valence-corrected chi connectivity index (χ1v) is 3.91. The molecule has 4 N–H and O–H groups in total. The van der Waals surface area contributed by atoms with Gasteiger partial charge in [-0.05, 0) is 0 Å². The van der Waals surface area contributed by atoms with Crippen molar-refractivity contribution in [3.8, 4) is 0 Å². The van der Waals surface area contributed by atoms with Crippen molar-refractivity contribution in [2.24, 2.45) is 0 Å². The van der Waals surface area contributed by atoms with Crippen LogP contribution in [0.15, 0.2) is 0 Å². The molecule has 13 heavy (non-hydrogen) atoms. The zero-order valence-electron chi connectivity index (χ0n) is 7.25. The maximum Gasteiger partial charge on any atom is 0.220 e. The summed E-state index contributed by atoms with van der Waals surface area (Å²) >= 11 is 0. The lowest BCUT2D eigenvalue weighted by atomic mass is 9.97. The van der Waals surface area contributed by atoms with Gasteiger partial charge in [-0.1, -0.05) is 0 Å². The largest absolute Gasteiger partial charge is 0.391 e. The van der Waals surface area contributed by atoms with Crippen molar-refractivity contribution in [1.29, 1.82) is 0 Å². The summed E-state index contributed by atoms with van der Waals surface area (Å²) in [6.07, 6.45) is -4.00. The third kappa shape index (κ3) is 1.69. The highest BCUT2D eigenvalue weighted by atomic mass is 16.7. The van der Waals surface area contributed by atoms with E-state index in [0.717, 1.165) is 0 Å². The molecular weight excluding hydrogens is 180 g/mol. The van der Waals surface area contributed by atoms with Gasteiger partial charge in [0.2, 0.25) is 5.79 Å². The second kappa shape index (κ2) is 3.87. The third-order valence-electron chi connectivity index (χ3n) is 2.23. The lowest BCUT2D eigenvalue weighted by Crippen LogP contribution is -2.63. The van der Waals surface area contributed by atoms with E-state index in [9.17, 15) is 10.2 Å². The summed E-state index contributed by atoms with van der Waals surface area (Å²) in [4.78, 5) is 0. The standard InChI is InChI=1S/C7H14O6/c1-12-7(3-8)6(11)5(10)4(9)2-13-7/h4-6,8-11H,2-3H2,1H3/t4-,5+,6-,7+/m0/s1. The molecule has 0 aliphatic carbocycles. The Morgan fingerprint density at radius 1 is 1.46 bits per heavy atom. The molecule has 1 fully saturated rings. The number of hydrogen-bond donors (Lipinski definition) is 4.